The molecular formula is C23H21NO4. The van der Waals surface area contributed by atoms with Crippen LogP contribution in [0.4, 0.5) is 5.69 Å². The van der Waals surface area contributed by atoms with Crippen molar-refractivity contribution >= 4 is 33.9 Å². The van der Waals surface area contributed by atoms with Gasteiger partial charge in [-0.05, 0) is 53.1 Å². The average molecular weight is 375 g/mol. The standard InChI is InChI=1S/C23H21NO4/c1-15(17-9-8-16-6-4-5-7-18(16)13-17)12-22(25)24-21-11-10-19(27-2)14-20(21)23(26)28-3/h4-14H,1-3H3,(H,24,25). The van der Waals surface area contributed by atoms with Crippen molar-refractivity contribution in [3.63, 3.8) is 0 Å². The van der Waals surface area contributed by atoms with Gasteiger partial charge in [0, 0.05) is 6.08 Å². The lowest BCUT2D eigenvalue weighted by Crippen LogP contribution is -2.13. The van der Waals surface area contributed by atoms with Crippen molar-refractivity contribution in [2.75, 3.05) is 19.5 Å². The second-order valence-electron chi connectivity index (χ2n) is 6.28. The van der Waals surface area contributed by atoms with Crippen molar-refractivity contribution in [1.29, 1.82) is 0 Å². The number of nitrogens with one attached hydrogen (secondary N) is 1. The second-order valence-corrected chi connectivity index (χ2v) is 6.28. The van der Waals surface area contributed by atoms with Gasteiger partial charge in [0.15, 0.2) is 0 Å². The molecule has 1 N–H and O–H groups in total. The van der Waals surface area contributed by atoms with E-state index in [4.69, 9.17) is 9.47 Å². The van der Waals surface area contributed by atoms with Crippen LogP contribution in [0.25, 0.3) is 16.3 Å². The van der Waals surface area contributed by atoms with Crippen LogP contribution in [0.1, 0.15) is 22.8 Å². The van der Waals surface area contributed by atoms with Crippen molar-refractivity contribution < 1.29 is 19.1 Å². The van der Waals surface area contributed by atoms with E-state index >= 15 is 0 Å². The molecular weight excluding hydrogens is 354 g/mol. The minimum absolute atomic E-state index is 0.229. The molecule has 0 heterocycles. The monoisotopic (exact) mass is 375 g/mol. The van der Waals surface area contributed by atoms with E-state index in [-0.39, 0.29) is 11.5 Å². The number of hydrogen-bond acceptors (Lipinski definition) is 4. The Kier molecular flexibility index (Phi) is 5.75. The summed E-state index contributed by atoms with van der Waals surface area (Å²) >= 11 is 0. The van der Waals surface area contributed by atoms with Gasteiger partial charge in [-0.1, -0.05) is 36.4 Å². The summed E-state index contributed by atoms with van der Waals surface area (Å²) in [5.41, 5.74) is 2.36. The maximum atomic E-state index is 12.5. The highest BCUT2D eigenvalue weighted by Crippen LogP contribution is 2.24. The van der Waals surface area contributed by atoms with Crippen LogP contribution >= 0.6 is 0 Å². The zero-order valence-electron chi connectivity index (χ0n) is 16.0. The third kappa shape index (κ3) is 4.20. The van der Waals surface area contributed by atoms with Crippen molar-refractivity contribution in [2.24, 2.45) is 0 Å². The zero-order valence-corrected chi connectivity index (χ0v) is 16.0. The molecule has 0 aliphatic heterocycles. The van der Waals surface area contributed by atoms with Crippen LogP contribution in [-0.2, 0) is 9.53 Å². The van der Waals surface area contributed by atoms with Gasteiger partial charge in [0.05, 0.1) is 25.5 Å². The van der Waals surface area contributed by atoms with Crippen LogP contribution in [-0.4, -0.2) is 26.1 Å². The van der Waals surface area contributed by atoms with Gasteiger partial charge < -0.3 is 14.8 Å². The number of carbonyl (C=O) groups excluding carboxylic acids is 2. The first-order valence-electron chi connectivity index (χ1n) is 8.76. The number of amides is 1. The van der Waals surface area contributed by atoms with Crippen LogP contribution in [0.5, 0.6) is 5.75 Å². The maximum Gasteiger partial charge on any atom is 0.340 e. The van der Waals surface area contributed by atoms with Crippen LogP contribution in [0.2, 0.25) is 0 Å². The molecule has 3 rings (SSSR count). The Balaban J connectivity index is 1.85. The van der Waals surface area contributed by atoms with Crippen LogP contribution in [0.3, 0.4) is 0 Å². The molecule has 0 atom stereocenters. The highest BCUT2D eigenvalue weighted by atomic mass is 16.5. The lowest BCUT2D eigenvalue weighted by molar-refractivity contribution is -0.111. The van der Waals surface area contributed by atoms with Crippen LogP contribution in [0, 0.1) is 0 Å². The number of fused-ring (bicyclic) bond motifs is 1. The van der Waals surface area contributed by atoms with Crippen molar-refractivity contribution in [2.45, 2.75) is 6.92 Å². The van der Waals surface area contributed by atoms with Crippen LogP contribution in [0.15, 0.2) is 66.7 Å². The number of hydrogen-bond donors (Lipinski definition) is 1. The van der Waals surface area contributed by atoms with E-state index in [0.29, 0.717) is 11.4 Å². The fraction of sp³-hybridized carbons (Fsp3) is 0.130. The number of methoxy groups -OCH3 is 2. The molecule has 0 fully saturated rings. The minimum Gasteiger partial charge on any atom is -0.497 e. The van der Waals surface area contributed by atoms with Gasteiger partial charge in [-0.2, -0.15) is 0 Å². The van der Waals surface area contributed by atoms with E-state index in [0.717, 1.165) is 21.9 Å². The predicted molar refractivity (Wildman–Crippen MR) is 111 cm³/mol. The number of anilines is 1. The first-order valence-corrected chi connectivity index (χ1v) is 8.76. The molecule has 0 aromatic heterocycles. The largest absolute Gasteiger partial charge is 0.497 e. The third-order valence-corrected chi connectivity index (χ3v) is 4.44. The summed E-state index contributed by atoms with van der Waals surface area (Å²) in [6, 6.07) is 18.9. The first kappa shape index (κ1) is 19.2. The zero-order chi connectivity index (χ0) is 20.1. The number of allylic oxidation sites excluding steroid dienone is 1. The van der Waals surface area contributed by atoms with E-state index in [1.165, 1.54) is 26.4 Å². The molecule has 5 nitrogen and oxygen atoms in total. The molecule has 3 aromatic carbocycles. The molecule has 1 amide bonds. The lowest BCUT2D eigenvalue weighted by atomic mass is 10.0. The molecule has 0 spiro atoms. The van der Waals surface area contributed by atoms with Gasteiger partial charge in [0.2, 0.25) is 5.91 Å². The number of benzene rings is 3. The summed E-state index contributed by atoms with van der Waals surface area (Å²) in [6.07, 6.45) is 1.51. The lowest BCUT2D eigenvalue weighted by Gasteiger charge is -2.11. The summed E-state index contributed by atoms with van der Waals surface area (Å²) in [6.45, 7) is 1.87. The SMILES string of the molecule is COC(=O)c1cc(OC)ccc1NC(=O)C=C(C)c1ccc2ccccc2c1. The van der Waals surface area contributed by atoms with E-state index in [1.54, 1.807) is 12.1 Å². The average Bonchev–Trinajstić information content (AvgIpc) is 2.72. The molecule has 0 aliphatic rings. The van der Waals surface area contributed by atoms with E-state index < -0.39 is 5.97 Å². The van der Waals surface area contributed by atoms with E-state index in [2.05, 4.69) is 5.32 Å². The fourth-order valence-electron chi connectivity index (χ4n) is 2.92. The Morgan fingerprint density at radius 1 is 0.929 bits per heavy atom. The topological polar surface area (TPSA) is 64.6 Å². The quantitative estimate of drug-likeness (QED) is 0.520. The Morgan fingerprint density at radius 2 is 1.68 bits per heavy atom. The third-order valence-electron chi connectivity index (χ3n) is 4.44. The highest BCUT2D eigenvalue weighted by Gasteiger charge is 2.15. The molecule has 0 bridgehead atoms. The van der Waals surface area contributed by atoms with Gasteiger partial charge in [-0.25, -0.2) is 4.79 Å². The Labute approximate surface area is 163 Å². The normalized spacial score (nSPS) is 11.2. The molecule has 0 unspecified atom stereocenters. The van der Waals surface area contributed by atoms with E-state index in [1.807, 2.05) is 49.4 Å². The number of ether oxygens (including phenoxy) is 2. The van der Waals surface area contributed by atoms with Crippen molar-refractivity contribution in [3.8, 4) is 5.75 Å². The molecule has 0 saturated heterocycles. The van der Waals surface area contributed by atoms with Crippen molar-refractivity contribution in [3.05, 3.63) is 77.9 Å². The number of rotatable bonds is 5. The predicted octanol–water partition coefficient (Wildman–Crippen LogP) is 4.68. The number of carbonyl (C=O) groups is 2. The summed E-state index contributed by atoms with van der Waals surface area (Å²) in [5.74, 6) is -0.383. The summed E-state index contributed by atoms with van der Waals surface area (Å²) < 4.78 is 9.92. The van der Waals surface area contributed by atoms with Gasteiger partial charge >= 0.3 is 5.97 Å². The second kappa shape index (κ2) is 8.39. The van der Waals surface area contributed by atoms with E-state index in [9.17, 15) is 9.59 Å². The Bertz CT molecular complexity index is 1070. The first-order chi connectivity index (χ1) is 13.5. The molecule has 3 aromatic rings. The van der Waals surface area contributed by atoms with Gasteiger partial charge in [-0.3, -0.25) is 4.79 Å². The molecule has 142 valence electrons. The van der Waals surface area contributed by atoms with Gasteiger partial charge in [0.25, 0.3) is 0 Å². The van der Waals surface area contributed by atoms with Crippen molar-refractivity contribution in [1.82, 2.24) is 0 Å². The smallest absolute Gasteiger partial charge is 0.340 e. The maximum absolute atomic E-state index is 12.5. The van der Waals surface area contributed by atoms with Gasteiger partial charge in [0.1, 0.15) is 5.75 Å². The number of esters is 1. The molecule has 0 radical (unpaired) electrons. The Morgan fingerprint density at radius 3 is 2.39 bits per heavy atom. The van der Waals surface area contributed by atoms with Gasteiger partial charge in [-0.15, -0.1) is 0 Å². The molecule has 0 saturated carbocycles. The molecule has 0 aliphatic carbocycles. The molecule has 28 heavy (non-hydrogen) atoms. The summed E-state index contributed by atoms with van der Waals surface area (Å²) in [4.78, 5) is 24.5. The summed E-state index contributed by atoms with van der Waals surface area (Å²) in [5, 5.41) is 4.99. The minimum atomic E-state index is -0.551. The van der Waals surface area contributed by atoms with Crippen LogP contribution < -0.4 is 10.1 Å². The molecule has 5 heteroatoms. The highest BCUT2D eigenvalue weighted by molar-refractivity contribution is 6.08. The Hall–Kier alpha value is -3.60. The summed E-state index contributed by atoms with van der Waals surface area (Å²) in [7, 11) is 2.79. The fourth-order valence-corrected chi connectivity index (χ4v) is 2.92.